The third-order valence-corrected chi connectivity index (χ3v) is 8.36. The molecule has 0 aliphatic carbocycles. The van der Waals surface area contributed by atoms with Gasteiger partial charge in [0, 0.05) is 39.0 Å². The summed E-state index contributed by atoms with van der Waals surface area (Å²) in [5.74, 6) is 0. The van der Waals surface area contributed by atoms with Gasteiger partial charge in [0.2, 0.25) is 0 Å². The second-order valence-corrected chi connectivity index (χ2v) is 12.1. The maximum absolute atomic E-state index is 6.15. The summed E-state index contributed by atoms with van der Waals surface area (Å²) in [4.78, 5) is 4.96. The molecule has 8 rings (SSSR count). The first-order valence-electron chi connectivity index (χ1n) is 14.5. The molecule has 0 amide bonds. The Morgan fingerprint density at radius 2 is 1.19 bits per heavy atom. The Morgan fingerprint density at radius 1 is 0.548 bits per heavy atom. The number of benzene rings is 5. The van der Waals surface area contributed by atoms with Gasteiger partial charge >= 0.3 is 0 Å². The van der Waals surface area contributed by atoms with E-state index in [0.29, 0.717) is 0 Å². The van der Waals surface area contributed by atoms with Gasteiger partial charge in [0.1, 0.15) is 11.2 Å². The van der Waals surface area contributed by atoms with Crippen molar-refractivity contribution in [3.63, 3.8) is 0 Å². The quantitative estimate of drug-likeness (QED) is 0.222. The molecule has 0 radical (unpaired) electrons. The van der Waals surface area contributed by atoms with Crippen molar-refractivity contribution in [2.45, 2.75) is 26.2 Å². The van der Waals surface area contributed by atoms with Gasteiger partial charge in [-0.2, -0.15) is 0 Å². The minimum absolute atomic E-state index is 0.0543. The fraction of sp³-hybridized carbons (Fsp3) is 0.103. The van der Waals surface area contributed by atoms with Gasteiger partial charge in [0.15, 0.2) is 0 Å². The van der Waals surface area contributed by atoms with Crippen LogP contribution in [0.3, 0.4) is 0 Å². The van der Waals surface area contributed by atoms with Gasteiger partial charge in [-0.25, -0.2) is 0 Å². The molecule has 202 valence electrons. The number of para-hydroxylation sites is 3. The molecule has 0 atom stereocenters. The van der Waals surface area contributed by atoms with Crippen LogP contribution < -0.4 is 0 Å². The number of rotatable bonds is 3. The molecule has 3 aromatic heterocycles. The number of aromatic nitrogens is 2. The molecule has 0 saturated carbocycles. The molecule has 0 saturated heterocycles. The van der Waals surface area contributed by atoms with E-state index in [1.807, 2.05) is 24.4 Å². The lowest BCUT2D eigenvalue weighted by atomic mass is 9.84. The fourth-order valence-electron chi connectivity index (χ4n) is 6.39. The van der Waals surface area contributed by atoms with Crippen molar-refractivity contribution < 1.29 is 4.42 Å². The van der Waals surface area contributed by atoms with E-state index in [2.05, 4.69) is 128 Å². The maximum atomic E-state index is 6.15. The molecular formula is C39H30N2O. The maximum Gasteiger partial charge on any atom is 0.135 e. The number of hydrogen-bond acceptors (Lipinski definition) is 2. The van der Waals surface area contributed by atoms with E-state index >= 15 is 0 Å². The predicted molar refractivity (Wildman–Crippen MR) is 175 cm³/mol. The van der Waals surface area contributed by atoms with E-state index in [1.54, 1.807) is 0 Å². The summed E-state index contributed by atoms with van der Waals surface area (Å²) >= 11 is 0. The first kappa shape index (κ1) is 24.6. The Balaban J connectivity index is 1.44. The van der Waals surface area contributed by atoms with Crippen LogP contribution in [0.15, 0.2) is 132 Å². The number of nitrogens with zero attached hydrogens (tertiary/aromatic N) is 2. The molecule has 42 heavy (non-hydrogen) atoms. The van der Waals surface area contributed by atoms with Gasteiger partial charge in [0.25, 0.3) is 0 Å². The lowest BCUT2D eigenvalue weighted by Crippen LogP contribution is -2.13. The topological polar surface area (TPSA) is 31.0 Å². The third-order valence-electron chi connectivity index (χ3n) is 8.36. The second-order valence-electron chi connectivity index (χ2n) is 12.1. The number of furan rings is 1. The van der Waals surface area contributed by atoms with Crippen molar-refractivity contribution in [2.24, 2.45) is 0 Å². The number of pyridine rings is 1. The molecule has 0 aliphatic heterocycles. The van der Waals surface area contributed by atoms with Crippen LogP contribution in [0.1, 0.15) is 26.3 Å². The lowest BCUT2D eigenvalue weighted by molar-refractivity contribution is 0.589. The van der Waals surface area contributed by atoms with Crippen LogP contribution in [0.5, 0.6) is 0 Å². The van der Waals surface area contributed by atoms with Crippen LogP contribution in [0.2, 0.25) is 0 Å². The van der Waals surface area contributed by atoms with Crippen LogP contribution >= 0.6 is 0 Å². The van der Waals surface area contributed by atoms with E-state index < -0.39 is 0 Å². The highest BCUT2D eigenvalue weighted by atomic mass is 16.3. The van der Waals surface area contributed by atoms with E-state index in [-0.39, 0.29) is 5.41 Å². The molecular weight excluding hydrogens is 512 g/mol. The zero-order valence-electron chi connectivity index (χ0n) is 23.9. The standard InChI is InChI=1S/C39H30N2O/c1-39(2,3)33-14-10-20-40-38(33)27-21-26(25-18-19-37-32(24-25)31-13-6-9-17-36(31)42-37)22-28(23-27)41-34-15-7-4-11-29(34)30-12-5-8-16-35(30)41/h4-24H,1-3H3. The Labute approximate surface area is 244 Å². The van der Waals surface area contributed by atoms with E-state index in [4.69, 9.17) is 9.40 Å². The molecule has 0 unspecified atom stereocenters. The smallest absolute Gasteiger partial charge is 0.135 e. The average Bonchev–Trinajstić information content (AvgIpc) is 3.56. The molecule has 0 fully saturated rings. The molecule has 3 heteroatoms. The van der Waals surface area contributed by atoms with Gasteiger partial charge in [0.05, 0.1) is 16.7 Å². The normalized spacial score (nSPS) is 12.2. The predicted octanol–water partition coefficient (Wildman–Crippen LogP) is 10.7. The fourth-order valence-corrected chi connectivity index (χ4v) is 6.39. The van der Waals surface area contributed by atoms with Gasteiger partial charge in [-0.3, -0.25) is 4.98 Å². The molecule has 0 spiro atoms. The van der Waals surface area contributed by atoms with Gasteiger partial charge in [-0.05, 0) is 76.7 Å². The highest BCUT2D eigenvalue weighted by Gasteiger charge is 2.21. The molecule has 5 aromatic carbocycles. The van der Waals surface area contributed by atoms with Crippen molar-refractivity contribution in [2.75, 3.05) is 0 Å². The number of hydrogen-bond donors (Lipinski definition) is 0. The first-order chi connectivity index (χ1) is 20.5. The summed E-state index contributed by atoms with van der Waals surface area (Å²) in [6.45, 7) is 6.76. The summed E-state index contributed by atoms with van der Waals surface area (Å²) in [5.41, 5.74) is 10.9. The minimum Gasteiger partial charge on any atom is -0.456 e. The van der Waals surface area contributed by atoms with Gasteiger partial charge in [-0.15, -0.1) is 0 Å². The summed E-state index contributed by atoms with van der Waals surface area (Å²) in [5, 5.41) is 4.76. The van der Waals surface area contributed by atoms with E-state index in [0.717, 1.165) is 50.0 Å². The van der Waals surface area contributed by atoms with Crippen LogP contribution in [0.25, 0.3) is 71.8 Å². The lowest BCUT2D eigenvalue weighted by Gasteiger charge is -2.23. The minimum atomic E-state index is -0.0543. The molecule has 0 bridgehead atoms. The Morgan fingerprint density at radius 3 is 1.93 bits per heavy atom. The summed E-state index contributed by atoms with van der Waals surface area (Å²) < 4.78 is 8.55. The highest BCUT2D eigenvalue weighted by Crippen LogP contribution is 2.39. The Bertz CT molecular complexity index is 2240. The summed E-state index contributed by atoms with van der Waals surface area (Å²) in [6, 6.07) is 43.3. The monoisotopic (exact) mass is 542 g/mol. The zero-order valence-corrected chi connectivity index (χ0v) is 23.9. The van der Waals surface area contributed by atoms with Crippen LogP contribution in [0.4, 0.5) is 0 Å². The van der Waals surface area contributed by atoms with Gasteiger partial charge in [-0.1, -0.05) is 87.5 Å². The molecule has 8 aromatic rings. The molecule has 3 heterocycles. The van der Waals surface area contributed by atoms with Crippen molar-refractivity contribution in [1.29, 1.82) is 0 Å². The van der Waals surface area contributed by atoms with E-state index in [1.165, 1.54) is 27.4 Å². The molecule has 0 aliphatic rings. The van der Waals surface area contributed by atoms with Crippen molar-refractivity contribution >= 4 is 43.7 Å². The van der Waals surface area contributed by atoms with Crippen molar-refractivity contribution in [3.05, 3.63) is 133 Å². The summed E-state index contributed by atoms with van der Waals surface area (Å²) in [6.07, 6.45) is 1.90. The second kappa shape index (κ2) is 9.19. The van der Waals surface area contributed by atoms with Crippen LogP contribution in [-0.4, -0.2) is 9.55 Å². The summed E-state index contributed by atoms with van der Waals surface area (Å²) in [7, 11) is 0. The Kier molecular flexibility index (Phi) is 5.39. The van der Waals surface area contributed by atoms with Gasteiger partial charge < -0.3 is 8.98 Å². The first-order valence-corrected chi connectivity index (χ1v) is 14.5. The molecule has 0 N–H and O–H groups in total. The van der Waals surface area contributed by atoms with Crippen molar-refractivity contribution in [1.82, 2.24) is 9.55 Å². The zero-order chi connectivity index (χ0) is 28.4. The molecule has 3 nitrogen and oxygen atoms in total. The van der Waals surface area contributed by atoms with Crippen LogP contribution in [0, 0.1) is 0 Å². The largest absolute Gasteiger partial charge is 0.456 e. The Hall–Kier alpha value is -5.15. The average molecular weight is 543 g/mol. The highest BCUT2D eigenvalue weighted by molar-refractivity contribution is 6.09. The van der Waals surface area contributed by atoms with E-state index in [9.17, 15) is 0 Å². The number of fused-ring (bicyclic) bond motifs is 6. The SMILES string of the molecule is CC(C)(C)c1cccnc1-c1cc(-c2ccc3oc4ccccc4c3c2)cc(-n2c3ccccc3c3ccccc32)c1. The third kappa shape index (κ3) is 3.85. The van der Waals surface area contributed by atoms with Crippen LogP contribution in [-0.2, 0) is 5.41 Å². The van der Waals surface area contributed by atoms with Crippen molar-refractivity contribution in [3.8, 4) is 28.1 Å².